The number of hydrogen-bond donors (Lipinski definition) is 1. The number of piperidine rings is 1. The fourth-order valence-electron chi connectivity index (χ4n) is 4.13. The fraction of sp³-hybridized carbons (Fsp3) is 0.647. The molecule has 0 amide bonds. The monoisotopic (exact) mass is 276 g/mol. The summed E-state index contributed by atoms with van der Waals surface area (Å²) >= 11 is 0. The van der Waals surface area contributed by atoms with E-state index in [9.17, 15) is 4.39 Å². The van der Waals surface area contributed by atoms with E-state index in [1.807, 2.05) is 12.1 Å². The highest BCUT2D eigenvalue weighted by Crippen LogP contribution is 2.44. The van der Waals surface area contributed by atoms with Gasteiger partial charge in [0.05, 0.1) is 0 Å². The van der Waals surface area contributed by atoms with E-state index in [2.05, 4.69) is 4.90 Å². The number of halogens is 1. The zero-order valence-corrected chi connectivity index (χ0v) is 12.2. The van der Waals surface area contributed by atoms with Gasteiger partial charge in [-0.15, -0.1) is 0 Å². The van der Waals surface area contributed by atoms with Crippen LogP contribution in [0.3, 0.4) is 0 Å². The predicted octanol–water partition coefficient (Wildman–Crippen LogP) is 3.62. The Balaban J connectivity index is 1.87. The van der Waals surface area contributed by atoms with Crippen LogP contribution in [0.2, 0.25) is 0 Å². The first-order valence-corrected chi connectivity index (χ1v) is 7.98. The zero-order valence-electron chi connectivity index (χ0n) is 12.2. The Hall–Kier alpha value is -0.930. The van der Waals surface area contributed by atoms with Crippen molar-refractivity contribution in [3.8, 4) is 0 Å². The highest BCUT2D eigenvalue weighted by molar-refractivity contribution is 5.24. The Labute approximate surface area is 121 Å². The second-order valence-corrected chi connectivity index (χ2v) is 6.39. The van der Waals surface area contributed by atoms with Gasteiger partial charge in [-0.3, -0.25) is 4.90 Å². The summed E-state index contributed by atoms with van der Waals surface area (Å²) < 4.78 is 13.1. The predicted molar refractivity (Wildman–Crippen MR) is 80.0 cm³/mol. The van der Waals surface area contributed by atoms with Crippen molar-refractivity contribution in [2.45, 2.75) is 56.5 Å². The Bertz CT molecular complexity index is 431. The average molecular weight is 276 g/mol. The molecule has 0 aromatic heterocycles. The number of nitrogens with zero attached hydrogens (tertiary/aromatic N) is 1. The number of nitrogens with two attached hydrogens (primary N) is 1. The van der Waals surface area contributed by atoms with E-state index in [0.29, 0.717) is 0 Å². The van der Waals surface area contributed by atoms with E-state index in [0.717, 1.165) is 5.56 Å². The quantitative estimate of drug-likeness (QED) is 0.913. The minimum Gasteiger partial charge on any atom is -0.322 e. The SMILES string of the molecule is NC(c1ccc(F)cc1)C1(N2CCCCC2)CCCC1. The second-order valence-electron chi connectivity index (χ2n) is 6.39. The first-order valence-electron chi connectivity index (χ1n) is 7.98. The summed E-state index contributed by atoms with van der Waals surface area (Å²) in [4.78, 5) is 2.64. The Morgan fingerprint density at radius 1 is 0.950 bits per heavy atom. The summed E-state index contributed by atoms with van der Waals surface area (Å²) in [5.74, 6) is -0.181. The molecule has 0 spiro atoms. The van der Waals surface area contributed by atoms with Gasteiger partial charge in [0, 0.05) is 11.6 Å². The molecule has 1 saturated carbocycles. The first-order chi connectivity index (χ1) is 9.72. The number of benzene rings is 1. The third-order valence-corrected chi connectivity index (χ3v) is 5.26. The molecule has 3 rings (SSSR count). The normalized spacial score (nSPS) is 24.7. The first kappa shape index (κ1) is 14.0. The molecule has 20 heavy (non-hydrogen) atoms. The Morgan fingerprint density at radius 3 is 2.15 bits per heavy atom. The maximum atomic E-state index is 13.1. The number of hydrogen-bond acceptors (Lipinski definition) is 2. The molecule has 1 heterocycles. The van der Waals surface area contributed by atoms with Gasteiger partial charge < -0.3 is 5.73 Å². The van der Waals surface area contributed by atoms with Crippen molar-refractivity contribution in [2.24, 2.45) is 5.73 Å². The van der Waals surface area contributed by atoms with Crippen LogP contribution in [-0.4, -0.2) is 23.5 Å². The fourth-order valence-corrected chi connectivity index (χ4v) is 4.13. The topological polar surface area (TPSA) is 29.3 Å². The molecule has 0 radical (unpaired) electrons. The van der Waals surface area contributed by atoms with E-state index < -0.39 is 0 Å². The number of rotatable bonds is 3. The van der Waals surface area contributed by atoms with Gasteiger partial charge in [0.1, 0.15) is 5.82 Å². The van der Waals surface area contributed by atoms with Gasteiger partial charge in [0.15, 0.2) is 0 Å². The van der Waals surface area contributed by atoms with Gasteiger partial charge >= 0.3 is 0 Å². The smallest absolute Gasteiger partial charge is 0.123 e. The molecule has 1 saturated heterocycles. The van der Waals surface area contributed by atoms with Gasteiger partial charge in [0.2, 0.25) is 0 Å². The van der Waals surface area contributed by atoms with Crippen LogP contribution in [0.25, 0.3) is 0 Å². The van der Waals surface area contributed by atoms with E-state index in [4.69, 9.17) is 5.73 Å². The minimum atomic E-state index is -0.181. The van der Waals surface area contributed by atoms with Crippen LogP contribution >= 0.6 is 0 Å². The molecule has 1 unspecified atom stereocenters. The molecule has 3 heteroatoms. The molecule has 1 aromatic rings. The molecule has 110 valence electrons. The van der Waals surface area contributed by atoms with Crippen LogP contribution in [-0.2, 0) is 0 Å². The largest absolute Gasteiger partial charge is 0.322 e. The molecule has 1 aromatic carbocycles. The summed E-state index contributed by atoms with van der Waals surface area (Å²) in [7, 11) is 0. The van der Waals surface area contributed by atoms with Gasteiger partial charge in [-0.25, -0.2) is 4.39 Å². The molecule has 0 bridgehead atoms. The summed E-state index contributed by atoms with van der Waals surface area (Å²) in [6.07, 6.45) is 8.84. The van der Waals surface area contributed by atoms with Gasteiger partial charge in [-0.05, 0) is 56.5 Å². The highest BCUT2D eigenvalue weighted by atomic mass is 19.1. The van der Waals surface area contributed by atoms with Gasteiger partial charge in [-0.1, -0.05) is 31.4 Å². The minimum absolute atomic E-state index is 0.00343. The van der Waals surface area contributed by atoms with Gasteiger partial charge in [-0.2, -0.15) is 0 Å². The van der Waals surface area contributed by atoms with Crippen LogP contribution < -0.4 is 5.73 Å². The molecule has 1 aliphatic heterocycles. The molecular formula is C17H25FN2. The average Bonchev–Trinajstić information content (AvgIpc) is 2.99. The van der Waals surface area contributed by atoms with Crippen molar-refractivity contribution < 1.29 is 4.39 Å². The van der Waals surface area contributed by atoms with E-state index in [1.54, 1.807) is 0 Å². The van der Waals surface area contributed by atoms with Crippen molar-refractivity contribution in [1.29, 1.82) is 0 Å². The standard InChI is InChI=1S/C17H25FN2/c18-15-8-6-14(7-9-15)16(19)17(10-2-3-11-17)20-12-4-1-5-13-20/h6-9,16H,1-5,10-13,19H2. The van der Waals surface area contributed by atoms with E-state index in [1.165, 1.54) is 70.2 Å². The lowest BCUT2D eigenvalue weighted by molar-refractivity contribution is 0.0478. The summed E-state index contributed by atoms with van der Waals surface area (Å²) in [5, 5.41) is 0. The van der Waals surface area contributed by atoms with Gasteiger partial charge in [0.25, 0.3) is 0 Å². The Morgan fingerprint density at radius 2 is 1.55 bits per heavy atom. The zero-order chi connectivity index (χ0) is 14.0. The van der Waals surface area contributed by atoms with E-state index >= 15 is 0 Å². The molecular weight excluding hydrogens is 251 g/mol. The van der Waals surface area contributed by atoms with Crippen molar-refractivity contribution in [3.63, 3.8) is 0 Å². The van der Waals surface area contributed by atoms with Crippen molar-refractivity contribution in [1.82, 2.24) is 4.90 Å². The third-order valence-electron chi connectivity index (χ3n) is 5.26. The van der Waals surface area contributed by atoms with Crippen LogP contribution in [0.4, 0.5) is 4.39 Å². The summed E-state index contributed by atoms with van der Waals surface area (Å²) in [5.41, 5.74) is 7.84. The van der Waals surface area contributed by atoms with Crippen LogP contribution in [0, 0.1) is 5.82 Å². The van der Waals surface area contributed by atoms with Crippen LogP contribution in [0.5, 0.6) is 0 Å². The molecule has 1 atom stereocenters. The van der Waals surface area contributed by atoms with Crippen LogP contribution in [0.15, 0.2) is 24.3 Å². The van der Waals surface area contributed by atoms with Crippen molar-refractivity contribution >= 4 is 0 Å². The lowest BCUT2D eigenvalue weighted by atomic mass is 9.81. The molecule has 2 N–H and O–H groups in total. The Kier molecular flexibility index (Phi) is 4.08. The molecule has 1 aliphatic carbocycles. The summed E-state index contributed by atoms with van der Waals surface area (Å²) in [6, 6.07) is 6.81. The van der Waals surface area contributed by atoms with Crippen molar-refractivity contribution in [2.75, 3.05) is 13.1 Å². The second kappa shape index (κ2) is 5.82. The third kappa shape index (κ3) is 2.49. The van der Waals surface area contributed by atoms with Crippen molar-refractivity contribution in [3.05, 3.63) is 35.6 Å². The lowest BCUT2D eigenvalue weighted by Gasteiger charge is -2.47. The lowest BCUT2D eigenvalue weighted by Crippen LogP contribution is -2.55. The maximum absolute atomic E-state index is 13.1. The number of likely N-dealkylation sites (tertiary alicyclic amines) is 1. The maximum Gasteiger partial charge on any atom is 0.123 e. The molecule has 2 aliphatic rings. The molecule has 2 nitrogen and oxygen atoms in total. The summed E-state index contributed by atoms with van der Waals surface area (Å²) in [6.45, 7) is 2.35. The van der Waals surface area contributed by atoms with E-state index in [-0.39, 0.29) is 17.4 Å². The van der Waals surface area contributed by atoms with Crippen LogP contribution in [0.1, 0.15) is 56.6 Å². The molecule has 2 fully saturated rings. The highest BCUT2D eigenvalue weighted by Gasteiger charge is 2.45.